The molecule has 1 fully saturated rings. The standard InChI is InChI=1S/C16H25FN2/c1-16(2,3)9-12-8-14(18)11-19(10-12)15-6-4-13(17)5-7-15/h4-7,12,14H,8-11,18H2,1-3H3. The van der Waals surface area contributed by atoms with Crippen LogP contribution in [0.4, 0.5) is 10.1 Å². The maximum Gasteiger partial charge on any atom is 0.123 e. The van der Waals surface area contributed by atoms with E-state index in [0.29, 0.717) is 11.3 Å². The third-order valence-corrected chi connectivity index (χ3v) is 3.66. The van der Waals surface area contributed by atoms with Crippen molar-refractivity contribution in [2.24, 2.45) is 17.1 Å². The van der Waals surface area contributed by atoms with Crippen molar-refractivity contribution in [1.82, 2.24) is 0 Å². The molecule has 2 unspecified atom stereocenters. The Morgan fingerprint density at radius 1 is 1.21 bits per heavy atom. The quantitative estimate of drug-likeness (QED) is 0.887. The highest BCUT2D eigenvalue weighted by molar-refractivity contribution is 5.47. The zero-order chi connectivity index (χ0) is 14.0. The van der Waals surface area contributed by atoms with Crippen molar-refractivity contribution in [3.05, 3.63) is 30.1 Å². The molecule has 0 aromatic heterocycles. The van der Waals surface area contributed by atoms with Gasteiger partial charge in [0.2, 0.25) is 0 Å². The predicted molar refractivity (Wildman–Crippen MR) is 78.8 cm³/mol. The molecule has 1 aromatic carbocycles. The molecule has 19 heavy (non-hydrogen) atoms. The normalized spacial score (nSPS) is 24.6. The molecule has 106 valence electrons. The van der Waals surface area contributed by atoms with Gasteiger partial charge >= 0.3 is 0 Å². The Labute approximate surface area is 115 Å². The molecule has 2 nitrogen and oxygen atoms in total. The molecule has 0 spiro atoms. The first-order valence-electron chi connectivity index (χ1n) is 7.09. The summed E-state index contributed by atoms with van der Waals surface area (Å²) in [6, 6.07) is 6.96. The second kappa shape index (κ2) is 5.49. The van der Waals surface area contributed by atoms with Crippen molar-refractivity contribution in [2.45, 2.75) is 39.7 Å². The van der Waals surface area contributed by atoms with Crippen molar-refractivity contribution in [3.8, 4) is 0 Å². The zero-order valence-corrected chi connectivity index (χ0v) is 12.2. The fourth-order valence-electron chi connectivity index (χ4n) is 3.12. The van der Waals surface area contributed by atoms with Crippen LogP contribution in [0.2, 0.25) is 0 Å². The van der Waals surface area contributed by atoms with Crippen LogP contribution in [0.3, 0.4) is 0 Å². The molecule has 1 heterocycles. The van der Waals surface area contributed by atoms with E-state index >= 15 is 0 Å². The minimum atomic E-state index is -0.184. The largest absolute Gasteiger partial charge is 0.370 e. The van der Waals surface area contributed by atoms with Crippen molar-refractivity contribution in [1.29, 1.82) is 0 Å². The van der Waals surface area contributed by atoms with Crippen LogP contribution in [0.1, 0.15) is 33.6 Å². The Morgan fingerprint density at radius 2 is 1.84 bits per heavy atom. The third-order valence-electron chi connectivity index (χ3n) is 3.66. The van der Waals surface area contributed by atoms with Crippen LogP contribution < -0.4 is 10.6 Å². The van der Waals surface area contributed by atoms with Crippen LogP contribution >= 0.6 is 0 Å². The fraction of sp³-hybridized carbons (Fsp3) is 0.625. The molecule has 0 saturated carbocycles. The van der Waals surface area contributed by atoms with Gasteiger partial charge in [0.1, 0.15) is 5.82 Å². The summed E-state index contributed by atoms with van der Waals surface area (Å²) < 4.78 is 13.0. The smallest absolute Gasteiger partial charge is 0.123 e. The number of hydrogen-bond acceptors (Lipinski definition) is 2. The topological polar surface area (TPSA) is 29.3 Å². The molecule has 0 radical (unpaired) electrons. The molecular weight excluding hydrogens is 239 g/mol. The second-order valence-corrected chi connectivity index (χ2v) is 7.01. The molecule has 1 aliphatic heterocycles. The van der Waals surface area contributed by atoms with Crippen LogP contribution in [-0.4, -0.2) is 19.1 Å². The van der Waals surface area contributed by atoms with Crippen LogP contribution in [0.25, 0.3) is 0 Å². The van der Waals surface area contributed by atoms with Gasteiger partial charge in [-0.3, -0.25) is 0 Å². The molecule has 2 rings (SSSR count). The Balaban J connectivity index is 2.07. The van der Waals surface area contributed by atoms with Gasteiger partial charge in [-0.15, -0.1) is 0 Å². The lowest BCUT2D eigenvalue weighted by atomic mass is 9.80. The summed E-state index contributed by atoms with van der Waals surface area (Å²) in [5.41, 5.74) is 7.59. The van der Waals surface area contributed by atoms with Crippen molar-refractivity contribution in [2.75, 3.05) is 18.0 Å². The highest BCUT2D eigenvalue weighted by atomic mass is 19.1. The first-order chi connectivity index (χ1) is 8.83. The summed E-state index contributed by atoms with van der Waals surface area (Å²) in [6.45, 7) is 8.71. The maximum atomic E-state index is 13.0. The fourth-order valence-corrected chi connectivity index (χ4v) is 3.12. The van der Waals surface area contributed by atoms with Gasteiger partial charge in [-0.25, -0.2) is 4.39 Å². The average molecular weight is 264 g/mol. The molecule has 3 heteroatoms. The van der Waals surface area contributed by atoms with E-state index in [-0.39, 0.29) is 11.9 Å². The molecule has 2 N–H and O–H groups in total. The average Bonchev–Trinajstić information content (AvgIpc) is 2.26. The van der Waals surface area contributed by atoms with E-state index in [1.165, 1.54) is 18.6 Å². The van der Waals surface area contributed by atoms with E-state index < -0.39 is 0 Å². The van der Waals surface area contributed by atoms with E-state index in [2.05, 4.69) is 25.7 Å². The highest BCUT2D eigenvalue weighted by Crippen LogP contribution is 2.31. The number of hydrogen-bond donors (Lipinski definition) is 1. The number of piperidine rings is 1. The van der Waals surface area contributed by atoms with E-state index in [1.54, 1.807) is 0 Å². The molecule has 0 aliphatic carbocycles. The SMILES string of the molecule is CC(C)(C)CC1CC(N)CN(c2ccc(F)cc2)C1. The molecule has 1 aromatic rings. The van der Waals surface area contributed by atoms with Crippen molar-refractivity contribution >= 4 is 5.69 Å². The summed E-state index contributed by atoms with van der Waals surface area (Å²) in [5.74, 6) is 0.435. The van der Waals surface area contributed by atoms with Crippen LogP contribution in [0, 0.1) is 17.2 Å². The second-order valence-electron chi connectivity index (χ2n) is 7.01. The Hall–Kier alpha value is -1.09. The minimum absolute atomic E-state index is 0.184. The number of nitrogens with zero attached hydrogens (tertiary/aromatic N) is 1. The van der Waals surface area contributed by atoms with Gasteiger partial charge in [0.25, 0.3) is 0 Å². The summed E-state index contributed by atoms with van der Waals surface area (Å²) >= 11 is 0. The van der Waals surface area contributed by atoms with Gasteiger partial charge in [-0.05, 0) is 48.4 Å². The lowest BCUT2D eigenvalue weighted by Crippen LogP contribution is -2.47. The minimum Gasteiger partial charge on any atom is -0.370 e. The van der Waals surface area contributed by atoms with Crippen molar-refractivity contribution in [3.63, 3.8) is 0 Å². The van der Waals surface area contributed by atoms with Crippen LogP contribution in [0.5, 0.6) is 0 Å². The lowest BCUT2D eigenvalue weighted by molar-refractivity contribution is 0.253. The van der Waals surface area contributed by atoms with Crippen molar-refractivity contribution < 1.29 is 4.39 Å². The van der Waals surface area contributed by atoms with E-state index in [4.69, 9.17) is 5.73 Å². The molecule has 1 aliphatic rings. The number of halogens is 1. The van der Waals surface area contributed by atoms with Gasteiger partial charge < -0.3 is 10.6 Å². The summed E-state index contributed by atoms with van der Waals surface area (Å²) in [7, 11) is 0. The summed E-state index contributed by atoms with van der Waals surface area (Å²) in [5, 5.41) is 0. The third kappa shape index (κ3) is 4.20. The Kier molecular flexibility index (Phi) is 4.14. The van der Waals surface area contributed by atoms with Gasteiger partial charge in [0, 0.05) is 24.8 Å². The van der Waals surface area contributed by atoms with Crippen LogP contribution in [-0.2, 0) is 0 Å². The number of benzene rings is 1. The number of nitrogens with two attached hydrogens (primary N) is 1. The Bertz CT molecular complexity index is 408. The summed E-state index contributed by atoms with van der Waals surface area (Å²) in [4.78, 5) is 2.30. The summed E-state index contributed by atoms with van der Waals surface area (Å²) in [6.07, 6.45) is 2.27. The first-order valence-corrected chi connectivity index (χ1v) is 7.09. The highest BCUT2D eigenvalue weighted by Gasteiger charge is 2.28. The monoisotopic (exact) mass is 264 g/mol. The molecule has 0 amide bonds. The van der Waals surface area contributed by atoms with Gasteiger partial charge in [-0.2, -0.15) is 0 Å². The molecular formula is C16H25FN2. The number of anilines is 1. The van der Waals surface area contributed by atoms with Crippen LogP contribution in [0.15, 0.2) is 24.3 Å². The van der Waals surface area contributed by atoms with Gasteiger partial charge in [-0.1, -0.05) is 20.8 Å². The molecule has 1 saturated heterocycles. The lowest BCUT2D eigenvalue weighted by Gasteiger charge is -2.40. The van der Waals surface area contributed by atoms with Gasteiger partial charge in [0.15, 0.2) is 0 Å². The van der Waals surface area contributed by atoms with E-state index in [1.807, 2.05) is 12.1 Å². The Morgan fingerprint density at radius 3 is 2.42 bits per heavy atom. The zero-order valence-electron chi connectivity index (χ0n) is 12.2. The van der Waals surface area contributed by atoms with Gasteiger partial charge in [0.05, 0.1) is 0 Å². The maximum absolute atomic E-state index is 13.0. The van der Waals surface area contributed by atoms with E-state index in [9.17, 15) is 4.39 Å². The number of rotatable bonds is 2. The molecule has 2 atom stereocenters. The first kappa shape index (κ1) is 14.3. The predicted octanol–water partition coefficient (Wildman–Crippen LogP) is 3.42. The van der Waals surface area contributed by atoms with E-state index in [0.717, 1.165) is 25.2 Å². The molecule has 0 bridgehead atoms.